The topological polar surface area (TPSA) is 198 Å². The Morgan fingerprint density at radius 1 is 0.600 bits per heavy atom. The Morgan fingerprint density at radius 2 is 1.00 bits per heavy atom. The molecule has 2 saturated heterocycles. The van der Waals surface area contributed by atoms with Gasteiger partial charge in [-0.05, 0) is 84.3 Å². The van der Waals surface area contributed by atoms with Gasteiger partial charge in [0.05, 0.1) is 0 Å². The number of rotatable bonds is 11. The first-order valence-electron chi connectivity index (χ1n) is 23.3. The van der Waals surface area contributed by atoms with Crippen molar-refractivity contribution in [3.8, 4) is 22.3 Å². The minimum absolute atomic E-state index is 0. The Balaban J connectivity index is 0.000000268. The zero-order valence-corrected chi connectivity index (χ0v) is 44.1. The summed E-state index contributed by atoms with van der Waals surface area (Å²) in [6.45, 7) is 6.36. The van der Waals surface area contributed by atoms with Crippen molar-refractivity contribution in [1.29, 1.82) is 0 Å². The molecule has 6 aromatic carbocycles. The summed E-state index contributed by atoms with van der Waals surface area (Å²) in [5.41, 5.74) is 8.74. The minimum atomic E-state index is -1.08. The molecular formula is C56H55F4N4NaO10. The number of cyclic esters (lactones) is 2. The fourth-order valence-electron chi connectivity index (χ4n) is 8.32. The third-order valence-electron chi connectivity index (χ3n) is 11.6. The van der Waals surface area contributed by atoms with Crippen LogP contribution in [0.3, 0.4) is 0 Å². The number of carbonyl (C=O) groups is 6. The molecule has 0 radical (unpaired) electrons. The van der Waals surface area contributed by atoms with E-state index in [1.54, 1.807) is 48.5 Å². The third-order valence-corrected chi connectivity index (χ3v) is 11.6. The van der Waals surface area contributed by atoms with Crippen LogP contribution >= 0.6 is 0 Å². The number of hydrogen-bond acceptors (Lipinski definition) is 11. The SMILES string of the molecule is CC(=O)NCCC1(c2ccccc2)CCN(c2cccc(-c3ccc(F)cc3F)c2)C(=O)O1.CC(=O)OC(C)=O.CC(=O)[O-].NCCC1(c2ccccc2)CCN(c2cccc(-c3ccc(F)cc3F)c2)C(=O)O1.[Na+]. The average molecular weight is 1040 g/mol. The fraction of sp³-hybridized carbons (Fsp3) is 0.250. The van der Waals surface area contributed by atoms with E-state index in [0.29, 0.717) is 74.4 Å². The van der Waals surface area contributed by atoms with E-state index >= 15 is 0 Å². The molecule has 2 fully saturated rings. The van der Waals surface area contributed by atoms with Gasteiger partial charge < -0.3 is 35.2 Å². The molecule has 2 atom stereocenters. The molecule has 19 heteroatoms. The number of carboxylic acid groups (broad SMARTS) is 1. The number of aliphatic carboxylic acids is 1. The minimum Gasteiger partial charge on any atom is -0.550 e. The van der Waals surface area contributed by atoms with Crippen molar-refractivity contribution in [2.45, 2.75) is 64.6 Å². The van der Waals surface area contributed by atoms with E-state index in [1.807, 2.05) is 60.7 Å². The molecule has 0 aliphatic carbocycles. The summed E-state index contributed by atoms with van der Waals surface area (Å²) in [6, 6.07) is 39.7. The van der Waals surface area contributed by atoms with Gasteiger partial charge in [0.2, 0.25) is 5.91 Å². The second kappa shape index (κ2) is 28.3. The second-order valence-electron chi connectivity index (χ2n) is 17.0. The maximum atomic E-state index is 14.3. The van der Waals surface area contributed by atoms with Crippen LogP contribution in [0.5, 0.6) is 0 Å². The van der Waals surface area contributed by atoms with Crippen molar-refractivity contribution in [1.82, 2.24) is 5.32 Å². The molecule has 388 valence electrons. The number of nitrogens with two attached hydrogens (primary N) is 1. The Morgan fingerprint density at radius 3 is 1.33 bits per heavy atom. The van der Waals surface area contributed by atoms with Gasteiger partial charge in [0, 0.05) is 107 Å². The first kappa shape index (κ1) is 60.2. The number of nitrogens with zero attached hydrogens (tertiary/aromatic N) is 2. The summed E-state index contributed by atoms with van der Waals surface area (Å²) in [7, 11) is 0. The number of anilines is 2. The molecule has 0 saturated carbocycles. The zero-order valence-electron chi connectivity index (χ0n) is 42.1. The third kappa shape index (κ3) is 17.1. The molecule has 75 heavy (non-hydrogen) atoms. The van der Waals surface area contributed by atoms with Crippen molar-refractivity contribution >= 4 is 47.4 Å². The molecule has 2 aliphatic heterocycles. The van der Waals surface area contributed by atoms with Gasteiger partial charge in [-0.3, -0.25) is 24.2 Å². The maximum absolute atomic E-state index is 14.3. The van der Waals surface area contributed by atoms with Crippen LogP contribution in [0.25, 0.3) is 22.3 Å². The number of nitrogens with one attached hydrogen (secondary N) is 1. The molecule has 2 aliphatic rings. The van der Waals surface area contributed by atoms with Crippen molar-refractivity contribution < 1.29 is 95.2 Å². The molecule has 2 heterocycles. The molecule has 3 amide bonds. The standard InChI is InChI=1S/C26H24F2N2O3.C24H22F2N2O2.C4H6O3.C2H4O2.Na/c1-18(31)29-14-12-26(20-7-3-2-4-8-20)13-15-30(25(32)33-26)22-9-5-6-19(16-22)23-11-10-21(27)17-24(23)28;25-19-9-10-21(22(26)16-19)17-5-4-8-20(15-17)28-14-12-24(11-13-27,30-23(28)29)18-6-2-1-3-7-18;1-3(5)7-4(2)6;1-2(3)4;/h2-11,16-17H,12-15H2,1H3,(H,29,31);1-10,15-16H,11-14,27H2;1-2H3;1H3,(H,3,4);/q;;;;+1/p-1. The number of esters is 2. The van der Waals surface area contributed by atoms with Gasteiger partial charge in [-0.1, -0.05) is 84.9 Å². The van der Waals surface area contributed by atoms with Gasteiger partial charge in [0.1, 0.15) is 34.5 Å². The largest absolute Gasteiger partial charge is 1.00 e. The number of benzene rings is 6. The van der Waals surface area contributed by atoms with Gasteiger partial charge in [0.25, 0.3) is 0 Å². The summed E-state index contributed by atoms with van der Waals surface area (Å²) >= 11 is 0. The summed E-state index contributed by atoms with van der Waals surface area (Å²) in [5.74, 6) is -4.96. The number of carbonyl (C=O) groups excluding carboxylic acids is 6. The Kier molecular flexibility index (Phi) is 22.7. The molecule has 8 rings (SSSR count). The molecular weight excluding hydrogens is 988 g/mol. The molecule has 6 aromatic rings. The number of hydrogen-bond donors (Lipinski definition) is 2. The van der Waals surface area contributed by atoms with Crippen LogP contribution in [0.4, 0.5) is 38.5 Å². The van der Waals surface area contributed by atoms with Crippen LogP contribution in [0.2, 0.25) is 0 Å². The second-order valence-corrected chi connectivity index (χ2v) is 17.0. The smallest absolute Gasteiger partial charge is 0.550 e. The van der Waals surface area contributed by atoms with Crippen LogP contribution in [0, 0.1) is 23.3 Å². The summed E-state index contributed by atoms with van der Waals surface area (Å²) in [4.78, 5) is 69.0. The van der Waals surface area contributed by atoms with Crippen LogP contribution < -0.4 is 55.5 Å². The number of carboxylic acids is 1. The molecule has 0 spiro atoms. The Hall–Kier alpha value is -7.38. The number of ether oxygens (including phenoxy) is 3. The fourth-order valence-corrected chi connectivity index (χ4v) is 8.32. The van der Waals surface area contributed by atoms with Gasteiger partial charge >= 0.3 is 53.7 Å². The maximum Gasteiger partial charge on any atom is 1.00 e. The summed E-state index contributed by atoms with van der Waals surface area (Å²) in [6.07, 6.45) is 1.06. The first-order chi connectivity index (χ1) is 35.3. The van der Waals surface area contributed by atoms with Crippen LogP contribution in [0.15, 0.2) is 146 Å². The van der Waals surface area contributed by atoms with Crippen molar-refractivity contribution in [2.24, 2.45) is 5.73 Å². The van der Waals surface area contributed by atoms with Gasteiger partial charge in [-0.15, -0.1) is 0 Å². The van der Waals surface area contributed by atoms with E-state index < -0.39 is 64.6 Å². The van der Waals surface area contributed by atoms with E-state index in [-0.39, 0.29) is 46.6 Å². The van der Waals surface area contributed by atoms with E-state index in [0.717, 1.165) is 30.2 Å². The molecule has 3 N–H and O–H groups in total. The monoisotopic (exact) mass is 1040 g/mol. The number of amides is 3. The summed E-state index contributed by atoms with van der Waals surface area (Å²) < 4.78 is 70.9. The predicted octanol–water partition coefficient (Wildman–Crippen LogP) is 6.48. The first-order valence-corrected chi connectivity index (χ1v) is 23.3. The van der Waals surface area contributed by atoms with Crippen molar-refractivity contribution in [3.63, 3.8) is 0 Å². The van der Waals surface area contributed by atoms with Crippen LogP contribution in [0.1, 0.15) is 64.5 Å². The van der Waals surface area contributed by atoms with Crippen molar-refractivity contribution in [2.75, 3.05) is 36.0 Å². The molecule has 2 unspecified atom stereocenters. The van der Waals surface area contributed by atoms with Crippen LogP contribution in [-0.4, -0.2) is 62.2 Å². The normalized spacial score (nSPS) is 16.5. The van der Waals surface area contributed by atoms with Gasteiger partial charge in [-0.25, -0.2) is 27.2 Å². The van der Waals surface area contributed by atoms with Gasteiger partial charge in [-0.2, -0.15) is 0 Å². The van der Waals surface area contributed by atoms with E-state index in [4.69, 9.17) is 25.1 Å². The molecule has 14 nitrogen and oxygen atoms in total. The van der Waals surface area contributed by atoms with Crippen molar-refractivity contribution in [3.05, 3.63) is 180 Å². The van der Waals surface area contributed by atoms with E-state index in [9.17, 15) is 41.5 Å². The Labute approximate surface area is 454 Å². The molecule has 0 aromatic heterocycles. The Bertz CT molecular complexity index is 2920. The van der Waals surface area contributed by atoms with E-state index in [1.165, 1.54) is 54.8 Å². The summed E-state index contributed by atoms with van der Waals surface area (Å²) in [5, 5.41) is 11.7. The van der Waals surface area contributed by atoms with E-state index in [2.05, 4.69) is 10.1 Å². The predicted molar refractivity (Wildman–Crippen MR) is 267 cm³/mol. The number of halogens is 4. The van der Waals surface area contributed by atoms with Gasteiger partial charge in [0.15, 0.2) is 0 Å². The molecule has 0 bridgehead atoms. The average Bonchev–Trinajstić information content (AvgIpc) is 3.34. The van der Waals surface area contributed by atoms with Crippen LogP contribution in [-0.2, 0) is 44.6 Å². The zero-order chi connectivity index (χ0) is 54.0. The quantitative estimate of drug-likeness (QED) is 0.0474.